The van der Waals surface area contributed by atoms with E-state index in [0.717, 1.165) is 22.3 Å². The highest BCUT2D eigenvalue weighted by molar-refractivity contribution is 7.92. The molecular formula is C32H30N4O4S2. The van der Waals surface area contributed by atoms with Gasteiger partial charge in [-0.25, -0.2) is 16.8 Å². The molecule has 8 nitrogen and oxygen atoms in total. The molecule has 214 valence electrons. The lowest BCUT2D eigenvalue weighted by molar-refractivity contribution is 0.598. The molecule has 5 rings (SSSR count). The van der Waals surface area contributed by atoms with Crippen LogP contribution in [0, 0.1) is 0 Å². The summed E-state index contributed by atoms with van der Waals surface area (Å²) in [4.78, 5) is 0. The highest BCUT2D eigenvalue weighted by Gasteiger charge is 2.14. The second kappa shape index (κ2) is 12.0. The Balaban J connectivity index is 1.23. The number of sulfonamides is 2. The third-order valence-electron chi connectivity index (χ3n) is 6.51. The van der Waals surface area contributed by atoms with Gasteiger partial charge in [0.2, 0.25) is 20.0 Å². The molecule has 0 aromatic heterocycles. The summed E-state index contributed by atoms with van der Waals surface area (Å²) in [6.45, 7) is 0. The summed E-state index contributed by atoms with van der Waals surface area (Å²) in [6, 6.07) is 35.8. The second-order valence-corrected chi connectivity index (χ2v) is 13.4. The molecule has 0 fully saturated rings. The summed E-state index contributed by atoms with van der Waals surface area (Å²) in [5.74, 6) is -0.320. The van der Waals surface area contributed by atoms with Gasteiger partial charge in [0.15, 0.2) is 0 Å². The lowest BCUT2D eigenvalue weighted by atomic mass is 9.99. The molecule has 0 saturated carbocycles. The van der Waals surface area contributed by atoms with E-state index in [0.29, 0.717) is 33.9 Å². The number of benzene rings is 5. The fourth-order valence-corrected chi connectivity index (χ4v) is 6.85. The molecule has 6 N–H and O–H groups in total. The van der Waals surface area contributed by atoms with E-state index in [-0.39, 0.29) is 11.5 Å². The maximum absolute atomic E-state index is 12.7. The first-order valence-electron chi connectivity index (χ1n) is 13.0. The van der Waals surface area contributed by atoms with Crippen molar-refractivity contribution in [3.63, 3.8) is 0 Å². The van der Waals surface area contributed by atoms with Crippen molar-refractivity contribution in [2.75, 3.05) is 20.9 Å². The standard InChI is InChI=1S/C32H30N4O4S2/c33-29-12-16-31(17-13-29)35-41(37,38)21-23-4-6-25(7-5-23)26-8-10-27(11-9-26)28-3-1-2-24(20-28)22-42(39,40)36-32-18-14-30(34)15-19-32/h1-20,35-36H,21-22,33-34H2. The topological polar surface area (TPSA) is 144 Å². The maximum Gasteiger partial charge on any atom is 0.236 e. The molecule has 0 unspecified atom stereocenters. The van der Waals surface area contributed by atoms with Gasteiger partial charge >= 0.3 is 0 Å². The van der Waals surface area contributed by atoms with Crippen molar-refractivity contribution in [2.24, 2.45) is 0 Å². The smallest absolute Gasteiger partial charge is 0.236 e. The molecule has 0 bridgehead atoms. The van der Waals surface area contributed by atoms with E-state index < -0.39 is 20.0 Å². The fourth-order valence-electron chi connectivity index (χ4n) is 4.46. The molecule has 0 radical (unpaired) electrons. The molecule has 0 heterocycles. The molecule has 0 saturated heterocycles. The summed E-state index contributed by atoms with van der Waals surface area (Å²) in [7, 11) is -7.20. The van der Waals surface area contributed by atoms with Crippen molar-refractivity contribution in [3.05, 3.63) is 132 Å². The van der Waals surface area contributed by atoms with Crippen molar-refractivity contribution in [1.29, 1.82) is 0 Å². The van der Waals surface area contributed by atoms with E-state index in [9.17, 15) is 16.8 Å². The molecule has 0 aliphatic heterocycles. The predicted molar refractivity (Wildman–Crippen MR) is 172 cm³/mol. The van der Waals surface area contributed by atoms with Crippen molar-refractivity contribution in [2.45, 2.75) is 11.5 Å². The summed E-state index contributed by atoms with van der Waals surface area (Å²) in [5.41, 5.74) is 18.5. The van der Waals surface area contributed by atoms with E-state index >= 15 is 0 Å². The van der Waals surface area contributed by atoms with Crippen LogP contribution in [0.5, 0.6) is 0 Å². The lowest BCUT2D eigenvalue weighted by Gasteiger charge is -2.11. The van der Waals surface area contributed by atoms with Crippen LogP contribution in [0.2, 0.25) is 0 Å². The minimum Gasteiger partial charge on any atom is -0.399 e. The Labute approximate surface area is 246 Å². The minimum absolute atomic E-state index is 0.155. The molecule has 5 aromatic carbocycles. The zero-order valence-corrected chi connectivity index (χ0v) is 24.2. The molecule has 0 aliphatic rings. The van der Waals surface area contributed by atoms with Crippen molar-refractivity contribution in [3.8, 4) is 22.3 Å². The average Bonchev–Trinajstić information content (AvgIpc) is 2.95. The van der Waals surface area contributed by atoms with Crippen LogP contribution < -0.4 is 20.9 Å². The quantitative estimate of drug-likeness (QED) is 0.144. The summed E-state index contributed by atoms with van der Waals surface area (Å²) in [5, 5.41) is 0. The van der Waals surface area contributed by atoms with Crippen LogP contribution in [0.4, 0.5) is 22.7 Å². The number of nitrogen functional groups attached to an aromatic ring is 2. The average molecular weight is 599 g/mol. The SMILES string of the molecule is Nc1ccc(NS(=O)(=O)Cc2ccc(-c3ccc(-c4cccc(CS(=O)(=O)Nc5ccc(N)cc5)c4)cc3)cc2)cc1. The summed E-state index contributed by atoms with van der Waals surface area (Å²) in [6.07, 6.45) is 0. The second-order valence-electron chi connectivity index (χ2n) is 9.94. The number of hydrogen-bond donors (Lipinski definition) is 4. The van der Waals surface area contributed by atoms with Crippen LogP contribution in [0.15, 0.2) is 121 Å². The van der Waals surface area contributed by atoms with E-state index in [1.807, 2.05) is 54.6 Å². The third-order valence-corrected chi connectivity index (χ3v) is 9.03. The molecule has 0 amide bonds. The Morgan fingerprint density at radius 1 is 0.452 bits per heavy atom. The number of rotatable bonds is 10. The molecule has 0 aliphatic carbocycles. The van der Waals surface area contributed by atoms with Gasteiger partial charge in [0.1, 0.15) is 0 Å². The molecule has 10 heteroatoms. The van der Waals surface area contributed by atoms with Crippen LogP contribution >= 0.6 is 0 Å². The fraction of sp³-hybridized carbons (Fsp3) is 0.0625. The van der Waals surface area contributed by atoms with Gasteiger partial charge in [-0.1, -0.05) is 72.8 Å². The molecule has 5 aromatic rings. The van der Waals surface area contributed by atoms with E-state index in [1.165, 1.54) is 0 Å². The van der Waals surface area contributed by atoms with Crippen LogP contribution in [-0.2, 0) is 31.6 Å². The van der Waals surface area contributed by atoms with Crippen molar-refractivity contribution < 1.29 is 16.8 Å². The number of nitrogens with one attached hydrogen (secondary N) is 2. The molecular weight excluding hydrogens is 569 g/mol. The summed E-state index contributed by atoms with van der Waals surface area (Å²) >= 11 is 0. The first kappa shape index (κ1) is 28.7. The van der Waals surface area contributed by atoms with Gasteiger partial charge in [0, 0.05) is 22.7 Å². The van der Waals surface area contributed by atoms with Gasteiger partial charge in [-0.2, -0.15) is 0 Å². The monoisotopic (exact) mass is 598 g/mol. The Bertz CT molecular complexity index is 1890. The van der Waals surface area contributed by atoms with E-state index in [2.05, 4.69) is 9.44 Å². The zero-order valence-electron chi connectivity index (χ0n) is 22.6. The number of hydrogen-bond acceptors (Lipinski definition) is 6. The predicted octanol–water partition coefficient (Wildman–Crippen LogP) is 6.07. The van der Waals surface area contributed by atoms with Gasteiger partial charge in [-0.05, 0) is 81.9 Å². The van der Waals surface area contributed by atoms with Crippen molar-refractivity contribution >= 4 is 42.8 Å². The van der Waals surface area contributed by atoms with Gasteiger partial charge < -0.3 is 11.5 Å². The van der Waals surface area contributed by atoms with E-state index in [4.69, 9.17) is 11.5 Å². The van der Waals surface area contributed by atoms with Gasteiger partial charge in [-0.3, -0.25) is 9.44 Å². The van der Waals surface area contributed by atoms with Crippen LogP contribution in [-0.4, -0.2) is 16.8 Å². The maximum atomic E-state index is 12.7. The lowest BCUT2D eigenvalue weighted by Crippen LogP contribution is -2.15. The van der Waals surface area contributed by atoms with Crippen LogP contribution in [0.1, 0.15) is 11.1 Å². The Hall–Kier alpha value is -4.80. The third kappa shape index (κ3) is 7.68. The summed E-state index contributed by atoms with van der Waals surface area (Å²) < 4.78 is 55.8. The van der Waals surface area contributed by atoms with Crippen LogP contribution in [0.25, 0.3) is 22.3 Å². The number of anilines is 4. The Morgan fingerprint density at radius 2 is 0.857 bits per heavy atom. The van der Waals surface area contributed by atoms with Gasteiger partial charge in [-0.15, -0.1) is 0 Å². The molecule has 0 spiro atoms. The molecule has 0 atom stereocenters. The first-order chi connectivity index (χ1) is 20.0. The highest BCUT2D eigenvalue weighted by atomic mass is 32.2. The largest absolute Gasteiger partial charge is 0.399 e. The highest BCUT2D eigenvalue weighted by Crippen LogP contribution is 2.27. The first-order valence-corrected chi connectivity index (χ1v) is 16.3. The van der Waals surface area contributed by atoms with Gasteiger partial charge in [0.05, 0.1) is 11.5 Å². The van der Waals surface area contributed by atoms with Gasteiger partial charge in [0.25, 0.3) is 0 Å². The van der Waals surface area contributed by atoms with E-state index in [1.54, 1.807) is 66.7 Å². The Kier molecular flexibility index (Phi) is 8.19. The normalized spacial score (nSPS) is 11.6. The Morgan fingerprint density at radius 3 is 1.33 bits per heavy atom. The van der Waals surface area contributed by atoms with Crippen molar-refractivity contribution in [1.82, 2.24) is 0 Å². The molecule has 42 heavy (non-hydrogen) atoms. The van der Waals surface area contributed by atoms with Crippen LogP contribution in [0.3, 0.4) is 0 Å². The number of nitrogens with two attached hydrogens (primary N) is 2. The minimum atomic E-state index is -3.61. The zero-order chi connectivity index (χ0) is 29.7.